The van der Waals surface area contributed by atoms with E-state index in [1.165, 1.54) is 0 Å². The molecular formula is C14H16N4O3. The predicted octanol–water partition coefficient (Wildman–Crippen LogP) is 1.05. The van der Waals surface area contributed by atoms with Crippen LogP contribution in [0.15, 0.2) is 29.1 Å². The standard InChI is InChI=1S/C14H16N4O3/c1-21-11-4-2-3-10(7-11)18(13(19)9-5-6-9)8-12-15-14(20)17-16-12/h2-4,7,9H,5-6,8H2,1H3,(H2,15,16,17,20). The maximum absolute atomic E-state index is 12.5. The number of hydrogen-bond donors (Lipinski definition) is 2. The van der Waals surface area contributed by atoms with Crippen LogP contribution in [0.1, 0.15) is 18.7 Å². The molecule has 1 saturated carbocycles. The fourth-order valence-electron chi connectivity index (χ4n) is 2.16. The predicted molar refractivity (Wildman–Crippen MR) is 76.1 cm³/mol. The first-order valence-corrected chi connectivity index (χ1v) is 6.76. The topological polar surface area (TPSA) is 91.1 Å². The molecule has 0 spiro atoms. The molecule has 0 saturated heterocycles. The van der Waals surface area contributed by atoms with Crippen molar-refractivity contribution in [3.63, 3.8) is 0 Å². The molecule has 21 heavy (non-hydrogen) atoms. The molecule has 0 aliphatic heterocycles. The molecule has 0 unspecified atom stereocenters. The molecule has 0 bridgehead atoms. The number of hydrogen-bond acceptors (Lipinski definition) is 4. The molecule has 7 heteroatoms. The van der Waals surface area contributed by atoms with Crippen LogP contribution in [0, 0.1) is 5.92 Å². The van der Waals surface area contributed by atoms with Crippen LogP contribution in [-0.4, -0.2) is 28.2 Å². The molecule has 2 aromatic rings. The van der Waals surface area contributed by atoms with Crippen LogP contribution in [0.2, 0.25) is 0 Å². The molecule has 0 radical (unpaired) electrons. The fraction of sp³-hybridized carbons (Fsp3) is 0.357. The number of H-pyrrole nitrogens is 2. The molecule has 1 heterocycles. The van der Waals surface area contributed by atoms with Gasteiger partial charge in [-0.15, -0.1) is 0 Å². The number of carbonyl (C=O) groups excluding carboxylic acids is 1. The van der Waals surface area contributed by atoms with Crippen molar-refractivity contribution >= 4 is 11.6 Å². The zero-order valence-electron chi connectivity index (χ0n) is 11.6. The van der Waals surface area contributed by atoms with E-state index >= 15 is 0 Å². The van der Waals surface area contributed by atoms with Gasteiger partial charge in [0.2, 0.25) is 5.91 Å². The van der Waals surface area contributed by atoms with Gasteiger partial charge in [-0.25, -0.2) is 9.89 Å². The summed E-state index contributed by atoms with van der Waals surface area (Å²) in [5.41, 5.74) is 0.351. The van der Waals surface area contributed by atoms with Gasteiger partial charge in [-0.3, -0.25) is 9.78 Å². The third-order valence-corrected chi connectivity index (χ3v) is 3.42. The Morgan fingerprint density at radius 1 is 1.48 bits per heavy atom. The molecule has 7 nitrogen and oxygen atoms in total. The highest BCUT2D eigenvalue weighted by atomic mass is 16.5. The first-order valence-electron chi connectivity index (χ1n) is 6.76. The van der Waals surface area contributed by atoms with E-state index in [9.17, 15) is 9.59 Å². The third kappa shape index (κ3) is 2.96. The summed E-state index contributed by atoms with van der Waals surface area (Å²) in [6, 6.07) is 7.28. The summed E-state index contributed by atoms with van der Waals surface area (Å²) in [5.74, 6) is 1.22. The van der Waals surface area contributed by atoms with Crippen LogP contribution >= 0.6 is 0 Å². The minimum atomic E-state index is -0.380. The van der Waals surface area contributed by atoms with Crippen molar-refractivity contribution in [2.24, 2.45) is 5.92 Å². The number of anilines is 1. The van der Waals surface area contributed by atoms with Gasteiger partial charge in [0.25, 0.3) is 0 Å². The van der Waals surface area contributed by atoms with E-state index < -0.39 is 0 Å². The van der Waals surface area contributed by atoms with E-state index in [2.05, 4.69) is 15.2 Å². The first kappa shape index (κ1) is 13.4. The normalized spacial score (nSPS) is 14.0. The zero-order chi connectivity index (χ0) is 14.8. The minimum absolute atomic E-state index is 0.0482. The highest BCUT2D eigenvalue weighted by Crippen LogP contribution is 2.34. The monoisotopic (exact) mass is 288 g/mol. The van der Waals surface area contributed by atoms with Crippen molar-refractivity contribution in [2.45, 2.75) is 19.4 Å². The number of aromatic amines is 2. The Hall–Kier alpha value is -2.57. The van der Waals surface area contributed by atoms with Crippen LogP contribution in [-0.2, 0) is 11.3 Å². The Morgan fingerprint density at radius 2 is 2.29 bits per heavy atom. The second kappa shape index (κ2) is 5.43. The third-order valence-electron chi connectivity index (χ3n) is 3.42. The lowest BCUT2D eigenvalue weighted by atomic mass is 10.2. The number of amides is 1. The number of ether oxygens (including phenoxy) is 1. The number of nitrogens with zero attached hydrogens (tertiary/aromatic N) is 2. The fourth-order valence-corrected chi connectivity index (χ4v) is 2.16. The Kier molecular flexibility index (Phi) is 3.47. The molecule has 110 valence electrons. The Bertz CT molecular complexity index is 702. The van der Waals surface area contributed by atoms with Crippen LogP contribution in [0.4, 0.5) is 5.69 Å². The van der Waals surface area contributed by atoms with E-state index in [0.717, 1.165) is 18.5 Å². The smallest absolute Gasteiger partial charge is 0.340 e. The lowest BCUT2D eigenvalue weighted by molar-refractivity contribution is -0.119. The van der Waals surface area contributed by atoms with Gasteiger partial charge < -0.3 is 9.64 Å². The second-order valence-corrected chi connectivity index (χ2v) is 5.02. The van der Waals surface area contributed by atoms with Gasteiger partial charge in [0.05, 0.1) is 13.7 Å². The maximum atomic E-state index is 12.5. The number of rotatable bonds is 5. The van der Waals surface area contributed by atoms with Crippen molar-refractivity contribution in [2.75, 3.05) is 12.0 Å². The molecule has 0 atom stereocenters. The Labute approximate surface area is 120 Å². The highest BCUT2D eigenvalue weighted by molar-refractivity contribution is 5.96. The highest BCUT2D eigenvalue weighted by Gasteiger charge is 2.34. The van der Waals surface area contributed by atoms with E-state index in [0.29, 0.717) is 11.6 Å². The number of aromatic nitrogens is 3. The van der Waals surface area contributed by atoms with Gasteiger partial charge >= 0.3 is 5.69 Å². The zero-order valence-corrected chi connectivity index (χ0v) is 11.6. The van der Waals surface area contributed by atoms with Gasteiger partial charge in [-0.1, -0.05) is 6.07 Å². The molecule has 1 aliphatic carbocycles. The Balaban J connectivity index is 1.90. The molecule has 1 fully saturated rings. The summed E-state index contributed by atoms with van der Waals surface area (Å²) in [7, 11) is 1.58. The summed E-state index contributed by atoms with van der Waals surface area (Å²) in [6.07, 6.45) is 1.83. The minimum Gasteiger partial charge on any atom is -0.497 e. The van der Waals surface area contributed by atoms with Crippen molar-refractivity contribution in [3.05, 3.63) is 40.6 Å². The van der Waals surface area contributed by atoms with Crippen LogP contribution in [0.25, 0.3) is 0 Å². The van der Waals surface area contributed by atoms with Crippen LogP contribution in [0.5, 0.6) is 5.75 Å². The maximum Gasteiger partial charge on any atom is 0.340 e. The average molecular weight is 288 g/mol. The van der Waals surface area contributed by atoms with Crippen molar-refractivity contribution in [3.8, 4) is 5.75 Å². The quantitative estimate of drug-likeness (QED) is 0.860. The van der Waals surface area contributed by atoms with E-state index in [1.807, 2.05) is 18.2 Å². The summed E-state index contributed by atoms with van der Waals surface area (Å²) in [5, 5.41) is 6.18. The number of carbonyl (C=O) groups is 1. The van der Waals surface area contributed by atoms with Gasteiger partial charge in [-0.05, 0) is 25.0 Å². The summed E-state index contributed by atoms with van der Waals surface area (Å²) in [6.45, 7) is 0.223. The van der Waals surface area contributed by atoms with Crippen LogP contribution in [0.3, 0.4) is 0 Å². The molecule has 1 amide bonds. The van der Waals surface area contributed by atoms with E-state index in [4.69, 9.17) is 4.74 Å². The van der Waals surface area contributed by atoms with Gasteiger partial charge in [0, 0.05) is 17.7 Å². The molecule has 1 aromatic carbocycles. The average Bonchev–Trinajstić information content (AvgIpc) is 3.27. The lowest BCUT2D eigenvalue weighted by Crippen LogP contribution is -2.32. The molecule has 3 rings (SSSR count). The largest absolute Gasteiger partial charge is 0.497 e. The van der Waals surface area contributed by atoms with E-state index in [-0.39, 0.29) is 24.1 Å². The number of nitrogens with one attached hydrogen (secondary N) is 2. The molecule has 1 aliphatic rings. The summed E-state index contributed by atoms with van der Waals surface area (Å²) in [4.78, 5) is 27.8. The van der Waals surface area contributed by atoms with Gasteiger partial charge in [-0.2, -0.15) is 5.10 Å². The van der Waals surface area contributed by atoms with Gasteiger partial charge in [0.15, 0.2) is 5.82 Å². The number of benzene rings is 1. The van der Waals surface area contributed by atoms with Crippen molar-refractivity contribution in [1.82, 2.24) is 15.2 Å². The van der Waals surface area contributed by atoms with Gasteiger partial charge in [0.1, 0.15) is 5.75 Å². The first-order chi connectivity index (χ1) is 10.2. The molecule has 1 aromatic heterocycles. The molecular weight excluding hydrogens is 272 g/mol. The number of methoxy groups -OCH3 is 1. The molecule has 2 N–H and O–H groups in total. The van der Waals surface area contributed by atoms with E-state index in [1.54, 1.807) is 18.1 Å². The Morgan fingerprint density at radius 3 is 2.90 bits per heavy atom. The SMILES string of the molecule is COc1cccc(N(Cc2n[nH]c(=O)[nH]2)C(=O)C2CC2)c1. The lowest BCUT2D eigenvalue weighted by Gasteiger charge is -2.22. The van der Waals surface area contributed by atoms with Crippen molar-refractivity contribution in [1.29, 1.82) is 0 Å². The summed E-state index contributed by atoms with van der Waals surface area (Å²) < 4.78 is 5.20. The second-order valence-electron chi connectivity index (χ2n) is 5.02. The van der Waals surface area contributed by atoms with Crippen LogP contribution < -0.4 is 15.3 Å². The summed E-state index contributed by atoms with van der Waals surface area (Å²) >= 11 is 0. The van der Waals surface area contributed by atoms with Crippen molar-refractivity contribution < 1.29 is 9.53 Å².